The third kappa shape index (κ3) is 12.0. The van der Waals surface area contributed by atoms with Crippen LogP contribution in [0.1, 0.15) is 54.8 Å². The van der Waals surface area contributed by atoms with Crippen LogP contribution in [0.15, 0.2) is 121 Å². The molecule has 6 aromatic rings. The van der Waals surface area contributed by atoms with Gasteiger partial charge in [-0.2, -0.15) is 0 Å². The van der Waals surface area contributed by atoms with E-state index in [0.717, 1.165) is 0 Å². The highest BCUT2D eigenvalue weighted by Gasteiger charge is 2.24. The highest BCUT2D eigenvalue weighted by molar-refractivity contribution is 5.95. The predicted molar refractivity (Wildman–Crippen MR) is 218 cm³/mol. The van der Waals surface area contributed by atoms with E-state index in [0.29, 0.717) is 98.5 Å². The molecule has 0 amide bonds. The normalized spacial score (nSPS) is 14.8. The van der Waals surface area contributed by atoms with Crippen molar-refractivity contribution >= 4 is 23.9 Å². The molecular weight excluding hydrogens is 805 g/mol. The molecule has 0 bridgehead atoms. The Hall–Kier alpha value is -7.56. The minimum atomic E-state index is -0.675. The Labute approximate surface area is 354 Å². The lowest BCUT2D eigenvalue weighted by Gasteiger charge is -2.09. The zero-order chi connectivity index (χ0) is 42.7. The molecule has 62 heavy (non-hydrogen) atoms. The number of epoxide rings is 2. The molecule has 0 radical (unpaired) electrons. The summed E-state index contributed by atoms with van der Waals surface area (Å²) < 4.78 is 54.7. The van der Waals surface area contributed by atoms with Crippen LogP contribution in [0.5, 0.6) is 46.0 Å². The van der Waals surface area contributed by atoms with Crippen molar-refractivity contribution in [1.82, 2.24) is 9.97 Å². The van der Waals surface area contributed by atoms with Crippen LogP contribution in [0, 0.1) is 0 Å². The van der Waals surface area contributed by atoms with Gasteiger partial charge >= 0.3 is 23.9 Å². The van der Waals surface area contributed by atoms with Gasteiger partial charge in [-0.3, -0.25) is 0 Å². The van der Waals surface area contributed by atoms with Gasteiger partial charge in [-0.25, -0.2) is 19.2 Å². The van der Waals surface area contributed by atoms with Crippen molar-refractivity contribution in [2.75, 3.05) is 39.6 Å². The van der Waals surface area contributed by atoms with Gasteiger partial charge in [0.05, 0.1) is 26.4 Å². The van der Waals surface area contributed by atoms with Crippen LogP contribution in [0.4, 0.5) is 0 Å². The lowest BCUT2D eigenvalue weighted by atomic mass is 10.3. The van der Waals surface area contributed by atoms with E-state index in [4.69, 9.17) is 47.4 Å². The zero-order valence-corrected chi connectivity index (χ0v) is 33.1. The van der Waals surface area contributed by atoms with Gasteiger partial charge in [0, 0.05) is 0 Å². The quantitative estimate of drug-likeness (QED) is 0.0324. The summed E-state index contributed by atoms with van der Waals surface area (Å²) in [6.07, 6.45) is 1.69. The summed E-state index contributed by atoms with van der Waals surface area (Å²) in [6, 6.07) is 32.2. The number of H-pyrrole nitrogens is 2. The zero-order valence-electron chi connectivity index (χ0n) is 33.1. The summed E-state index contributed by atoms with van der Waals surface area (Å²) in [6.45, 7) is 3.21. The lowest BCUT2D eigenvalue weighted by Crippen LogP contribution is -2.12. The summed E-state index contributed by atoms with van der Waals surface area (Å²) in [7, 11) is 0. The van der Waals surface area contributed by atoms with Gasteiger partial charge in [-0.1, -0.05) is 0 Å². The van der Waals surface area contributed by atoms with E-state index in [1.807, 2.05) is 0 Å². The van der Waals surface area contributed by atoms with E-state index >= 15 is 0 Å². The third-order valence-corrected chi connectivity index (χ3v) is 9.14. The van der Waals surface area contributed by atoms with E-state index in [2.05, 4.69) is 9.97 Å². The lowest BCUT2D eigenvalue weighted by molar-refractivity contribution is 0.0707. The standard InChI is InChI=1S/C46H40N2O14/c49-43(39-19-21-41(47-39)45(51)61-35-15-7-31(8-16-35)55-25-37-27-57-37)59-33-11-3-29(4-12-33)53-23-1-2-24-54-30-5-13-34(14-6-30)60-44(50)40-20-22-42(48-40)46(52)62-36-17-9-32(10-18-36)56-26-38-28-58-38/h3-22,37-38,47-48H,1-2,23-28H2. The number of carbonyl (C=O) groups is 4. The smallest absolute Gasteiger partial charge is 0.360 e. The van der Waals surface area contributed by atoms with Crippen LogP contribution >= 0.6 is 0 Å². The second kappa shape index (κ2) is 19.7. The predicted octanol–water partition coefficient (Wildman–Crippen LogP) is 7.01. The second-order valence-corrected chi connectivity index (χ2v) is 14.0. The Morgan fingerprint density at radius 2 is 0.629 bits per heavy atom. The number of benzene rings is 4. The Balaban J connectivity index is 0.690. The Morgan fingerprint density at radius 3 is 0.887 bits per heavy atom. The second-order valence-electron chi connectivity index (χ2n) is 14.0. The number of carbonyl (C=O) groups excluding carboxylic acids is 4. The van der Waals surface area contributed by atoms with Gasteiger partial charge < -0.3 is 57.3 Å². The Kier molecular flexibility index (Phi) is 13.1. The molecule has 0 aliphatic carbocycles. The number of hydrogen-bond donors (Lipinski definition) is 2. The summed E-state index contributed by atoms with van der Waals surface area (Å²) in [5.41, 5.74) is 0.343. The maximum atomic E-state index is 12.7. The molecule has 318 valence electrons. The van der Waals surface area contributed by atoms with Crippen molar-refractivity contribution in [3.05, 3.63) is 144 Å². The molecule has 16 heteroatoms. The topological polar surface area (TPSA) is 199 Å². The monoisotopic (exact) mass is 844 g/mol. The fourth-order valence-corrected chi connectivity index (χ4v) is 5.62. The van der Waals surface area contributed by atoms with Gasteiger partial charge in [0.15, 0.2) is 0 Å². The molecular formula is C46H40N2O14. The largest absolute Gasteiger partial charge is 0.494 e. The van der Waals surface area contributed by atoms with Gasteiger partial charge in [0.2, 0.25) is 0 Å². The molecule has 2 saturated heterocycles. The number of unbranched alkanes of at least 4 members (excludes halogenated alkanes) is 1. The molecule has 2 aliphatic rings. The summed E-state index contributed by atoms with van der Waals surface area (Å²) in [5, 5.41) is 0. The molecule has 0 spiro atoms. The first kappa shape index (κ1) is 41.2. The van der Waals surface area contributed by atoms with Gasteiger partial charge in [-0.15, -0.1) is 0 Å². The van der Waals surface area contributed by atoms with Crippen molar-refractivity contribution < 1.29 is 66.5 Å². The summed E-state index contributed by atoms with van der Waals surface area (Å²) in [4.78, 5) is 56.1. The molecule has 2 unspecified atom stereocenters. The molecule has 2 aromatic heterocycles. The van der Waals surface area contributed by atoms with Crippen LogP contribution in [0.3, 0.4) is 0 Å². The minimum absolute atomic E-state index is 0.0825. The number of aromatic amines is 2. The molecule has 2 fully saturated rings. The van der Waals surface area contributed by atoms with Gasteiger partial charge in [0.1, 0.15) is 94.2 Å². The van der Waals surface area contributed by atoms with Crippen LogP contribution in [-0.4, -0.2) is 85.7 Å². The van der Waals surface area contributed by atoms with Crippen molar-refractivity contribution in [3.63, 3.8) is 0 Å². The van der Waals surface area contributed by atoms with E-state index in [1.165, 1.54) is 24.3 Å². The van der Waals surface area contributed by atoms with Gasteiger partial charge in [-0.05, 0) is 134 Å². The van der Waals surface area contributed by atoms with Crippen molar-refractivity contribution in [2.24, 2.45) is 0 Å². The fraction of sp³-hybridized carbons (Fsp3) is 0.217. The van der Waals surface area contributed by atoms with E-state index in [-0.39, 0.29) is 35.0 Å². The first-order chi connectivity index (χ1) is 30.3. The van der Waals surface area contributed by atoms with Crippen LogP contribution in [0.25, 0.3) is 0 Å². The molecule has 2 aliphatic heterocycles. The molecule has 4 aromatic carbocycles. The fourth-order valence-electron chi connectivity index (χ4n) is 5.62. The third-order valence-electron chi connectivity index (χ3n) is 9.14. The molecule has 4 heterocycles. The van der Waals surface area contributed by atoms with Gasteiger partial charge in [0.25, 0.3) is 0 Å². The van der Waals surface area contributed by atoms with Crippen LogP contribution < -0.4 is 37.9 Å². The molecule has 0 saturated carbocycles. The molecule has 8 rings (SSSR count). The van der Waals surface area contributed by atoms with Crippen LogP contribution in [-0.2, 0) is 9.47 Å². The van der Waals surface area contributed by atoms with Crippen LogP contribution in [0.2, 0.25) is 0 Å². The SMILES string of the molecule is O=C(Oc1ccc(OCCCCOc2ccc(OC(=O)c3ccc(C(=O)Oc4ccc(OCC5CO5)cc4)[nH]3)cc2)cc1)c1ccc(C(=O)Oc2ccc(OCC3CO3)cc2)[nH]1. The van der Waals surface area contributed by atoms with E-state index < -0.39 is 23.9 Å². The van der Waals surface area contributed by atoms with Crippen molar-refractivity contribution in [2.45, 2.75) is 25.0 Å². The number of aromatic nitrogens is 2. The number of nitrogens with one attached hydrogen (secondary N) is 2. The Bertz CT molecular complexity index is 2280. The first-order valence-corrected chi connectivity index (χ1v) is 19.7. The minimum Gasteiger partial charge on any atom is -0.494 e. The average molecular weight is 845 g/mol. The average Bonchev–Trinajstić information content (AvgIpc) is 4.20. The summed E-state index contributed by atoms with van der Waals surface area (Å²) >= 11 is 0. The highest BCUT2D eigenvalue weighted by Crippen LogP contribution is 2.24. The first-order valence-electron chi connectivity index (χ1n) is 19.7. The summed E-state index contributed by atoms with van der Waals surface area (Å²) in [5.74, 6) is 1.03. The van der Waals surface area contributed by atoms with E-state index in [1.54, 1.807) is 97.1 Å². The number of esters is 4. The molecule has 2 N–H and O–H groups in total. The number of ether oxygens (including phenoxy) is 10. The van der Waals surface area contributed by atoms with E-state index in [9.17, 15) is 19.2 Å². The Morgan fingerprint density at radius 1 is 0.387 bits per heavy atom. The molecule has 2 atom stereocenters. The number of rotatable bonds is 21. The van der Waals surface area contributed by atoms with Crippen molar-refractivity contribution in [1.29, 1.82) is 0 Å². The number of hydrogen-bond acceptors (Lipinski definition) is 14. The molecule has 16 nitrogen and oxygen atoms in total. The highest BCUT2D eigenvalue weighted by atomic mass is 16.6. The maximum Gasteiger partial charge on any atom is 0.360 e. The maximum absolute atomic E-state index is 12.7. The van der Waals surface area contributed by atoms with Crippen molar-refractivity contribution in [3.8, 4) is 46.0 Å².